The summed E-state index contributed by atoms with van der Waals surface area (Å²) < 4.78 is 24.0. The molecule has 31 heavy (non-hydrogen) atoms. The zero-order chi connectivity index (χ0) is 21.6. The monoisotopic (exact) mass is 414 g/mol. The lowest BCUT2D eigenvalue weighted by molar-refractivity contribution is 0.00578. The van der Waals surface area contributed by atoms with E-state index in [0.29, 0.717) is 13.2 Å². The van der Waals surface area contributed by atoms with Crippen LogP contribution in [0.5, 0.6) is 11.5 Å². The van der Waals surface area contributed by atoms with Crippen molar-refractivity contribution in [1.29, 1.82) is 0 Å². The van der Waals surface area contributed by atoms with E-state index >= 15 is 0 Å². The van der Waals surface area contributed by atoms with Crippen LogP contribution in [0.15, 0.2) is 66.7 Å². The van der Waals surface area contributed by atoms with Crippen molar-refractivity contribution in [1.82, 2.24) is 0 Å². The molecule has 158 valence electrons. The summed E-state index contributed by atoms with van der Waals surface area (Å²) in [7, 11) is -0.364. The molecule has 0 aliphatic carbocycles. The fourth-order valence-corrected chi connectivity index (χ4v) is 3.99. The molecule has 4 nitrogen and oxygen atoms in total. The molecule has 0 unspecified atom stereocenters. The highest BCUT2D eigenvalue weighted by molar-refractivity contribution is 6.62. The lowest BCUT2D eigenvalue weighted by Gasteiger charge is -2.32. The molecule has 0 spiro atoms. The van der Waals surface area contributed by atoms with Gasteiger partial charge in [-0.2, -0.15) is 0 Å². The second-order valence-corrected chi connectivity index (χ2v) is 9.12. The van der Waals surface area contributed by atoms with Gasteiger partial charge in [-0.15, -0.1) is 0 Å². The van der Waals surface area contributed by atoms with Gasteiger partial charge in [-0.25, -0.2) is 0 Å². The molecule has 0 radical (unpaired) electrons. The van der Waals surface area contributed by atoms with Crippen molar-refractivity contribution in [2.45, 2.75) is 38.9 Å². The van der Waals surface area contributed by atoms with Crippen molar-refractivity contribution in [3.8, 4) is 33.8 Å². The van der Waals surface area contributed by atoms with Crippen molar-refractivity contribution in [3.63, 3.8) is 0 Å². The van der Waals surface area contributed by atoms with E-state index in [4.69, 9.17) is 18.8 Å². The zero-order valence-corrected chi connectivity index (χ0v) is 18.5. The SMILES string of the molecule is CC1(C)OB(c2cccc(-c3ccc(-c4cccc5c4OCCO5)cc3)c2)OC1(C)C. The van der Waals surface area contributed by atoms with Crippen LogP contribution in [-0.4, -0.2) is 31.5 Å². The van der Waals surface area contributed by atoms with E-state index in [2.05, 4.69) is 82.3 Å². The number of fused-ring (bicyclic) bond motifs is 1. The van der Waals surface area contributed by atoms with Crippen LogP contribution in [-0.2, 0) is 9.31 Å². The molecular weight excluding hydrogens is 387 g/mol. The van der Waals surface area contributed by atoms with Gasteiger partial charge < -0.3 is 18.8 Å². The maximum Gasteiger partial charge on any atom is 0.494 e. The predicted molar refractivity (Wildman–Crippen MR) is 124 cm³/mol. The van der Waals surface area contributed by atoms with Crippen molar-refractivity contribution in [2.75, 3.05) is 13.2 Å². The Morgan fingerprint density at radius 2 is 1.32 bits per heavy atom. The fourth-order valence-electron chi connectivity index (χ4n) is 3.99. The number of para-hydroxylation sites is 1. The van der Waals surface area contributed by atoms with Gasteiger partial charge in [0.25, 0.3) is 0 Å². The molecule has 5 rings (SSSR count). The summed E-state index contributed by atoms with van der Waals surface area (Å²) >= 11 is 0. The maximum atomic E-state index is 6.22. The van der Waals surface area contributed by atoms with Crippen LogP contribution >= 0.6 is 0 Å². The molecule has 2 aliphatic heterocycles. The Kier molecular flexibility index (Phi) is 4.84. The molecule has 1 saturated heterocycles. The van der Waals surface area contributed by atoms with Gasteiger partial charge in [0.2, 0.25) is 0 Å². The first-order valence-electron chi connectivity index (χ1n) is 10.8. The molecule has 5 heteroatoms. The van der Waals surface area contributed by atoms with Gasteiger partial charge in [0.1, 0.15) is 13.2 Å². The van der Waals surface area contributed by atoms with Crippen LogP contribution in [0.2, 0.25) is 0 Å². The molecule has 2 heterocycles. The molecule has 0 N–H and O–H groups in total. The predicted octanol–water partition coefficient (Wildman–Crippen LogP) is 5.09. The summed E-state index contributed by atoms with van der Waals surface area (Å²) in [5.41, 5.74) is 4.76. The molecule has 3 aromatic rings. The maximum absolute atomic E-state index is 6.22. The lowest BCUT2D eigenvalue weighted by Crippen LogP contribution is -2.41. The molecule has 0 aromatic heterocycles. The van der Waals surface area contributed by atoms with Crippen LogP contribution in [0, 0.1) is 0 Å². The van der Waals surface area contributed by atoms with Gasteiger partial charge in [-0.1, -0.05) is 60.7 Å². The van der Waals surface area contributed by atoms with E-state index in [1.807, 2.05) is 12.1 Å². The van der Waals surface area contributed by atoms with E-state index in [1.165, 1.54) is 0 Å². The van der Waals surface area contributed by atoms with Crippen molar-refractivity contribution in [2.24, 2.45) is 0 Å². The number of rotatable bonds is 3. The molecule has 0 bridgehead atoms. The third-order valence-corrected chi connectivity index (χ3v) is 6.51. The van der Waals surface area contributed by atoms with Gasteiger partial charge in [0.05, 0.1) is 11.2 Å². The van der Waals surface area contributed by atoms with E-state index in [0.717, 1.165) is 39.2 Å². The molecular formula is C26H27BO4. The standard InChI is InChI=1S/C26H27BO4/c1-25(2)26(3,4)31-27(30-25)21-8-5-7-20(17-21)18-11-13-19(14-12-18)22-9-6-10-23-24(22)29-16-15-28-23/h5-14,17H,15-16H2,1-4H3. The molecule has 3 aromatic carbocycles. The Morgan fingerprint density at radius 3 is 2.06 bits per heavy atom. The molecule has 2 aliphatic rings. The average molecular weight is 414 g/mol. The summed E-state index contributed by atoms with van der Waals surface area (Å²) in [6, 6.07) is 23.0. The third-order valence-electron chi connectivity index (χ3n) is 6.51. The number of ether oxygens (including phenoxy) is 2. The minimum Gasteiger partial charge on any atom is -0.486 e. The minimum atomic E-state index is -0.364. The normalized spacial score (nSPS) is 18.8. The van der Waals surface area contributed by atoms with Crippen molar-refractivity contribution < 1.29 is 18.8 Å². The largest absolute Gasteiger partial charge is 0.494 e. The number of benzene rings is 3. The summed E-state index contributed by atoms with van der Waals surface area (Å²) in [6.45, 7) is 9.47. The van der Waals surface area contributed by atoms with Crippen molar-refractivity contribution >= 4 is 12.6 Å². The Bertz CT molecular complexity index is 1090. The summed E-state index contributed by atoms with van der Waals surface area (Å²) in [5.74, 6) is 1.63. The highest BCUT2D eigenvalue weighted by Crippen LogP contribution is 2.40. The Morgan fingerprint density at radius 1 is 0.677 bits per heavy atom. The molecule has 0 atom stereocenters. The van der Waals surface area contributed by atoms with Crippen LogP contribution in [0.25, 0.3) is 22.3 Å². The Balaban J connectivity index is 1.42. The van der Waals surface area contributed by atoms with Gasteiger partial charge in [-0.3, -0.25) is 0 Å². The van der Waals surface area contributed by atoms with Crippen LogP contribution < -0.4 is 14.9 Å². The van der Waals surface area contributed by atoms with Gasteiger partial charge in [0, 0.05) is 5.56 Å². The quantitative estimate of drug-likeness (QED) is 0.560. The van der Waals surface area contributed by atoms with Crippen LogP contribution in [0.3, 0.4) is 0 Å². The third kappa shape index (κ3) is 3.62. The molecule has 0 amide bonds. The van der Waals surface area contributed by atoms with Gasteiger partial charge >= 0.3 is 7.12 Å². The number of hydrogen-bond acceptors (Lipinski definition) is 4. The van der Waals surface area contributed by atoms with Gasteiger partial charge in [-0.05, 0) is 55.9 Å². The highest BCUT2D eigenvalue weighted by Gasteiger charge is 2.51. The van der Waals surface area contributed by atoms with Crippen LogP contribution in [0.1, 0.15) is 27.7 Å². The first-order chi connectivity index (χ1) is 14.8. The first-order valence-corrected chi connectivity index (χ1v) is 10.8. The summed E-state index contributed by atoms with van der Waals surface area (Å²) in [4.78, 5) is 0. The summed E-state index contributed by atoms with van der Waals surface area (Å²) in [5, 5.41) is 0. The fraction of sp³-hybridized carbons (Fsp3) is 0.308. The zero-order valence-electron chi connectivity index (χ0n) is 18.5. The van der Waals surface area contributed by atoms with E-state index in [9.17, 15) is 0 Å². The van der Waals surface area contributed by atoms with Gasteiger partial charge in [0.15, 0.2) is 11.5 Å². The van der Waals surface area contributed by atoms with E-state index in [-0.39, 0.29) is 18.3 Å². The Hall–Kier alpha value is -2.76. The van der Waals surface area contributed by atoms with E-state index in [1.54, 1.807) is 0 Å². The minimum absolute atomic E-state index is 0.351. The second-order valence-electron chi connectivity index (χ2n) is 9.12. The average Bonchev–Trinajstić information content (AvgIpc) is 3.00. The molecule has 1 fully saturated rings. The molecule has 0 saturated carbocycles. The summed E-state index contributed by atoms with van der Waals surface area (Å²) in [6.07, 6.45) is 0. The first kappa shape index (κ1) is 20.2. The highest BCUT2D eigenvalue weighted by atomic mass is 16.7. The number of hydrogen-bond donors (Lipinski definition) is 0. The Labute approximate surface area is 184 Å². The second kappa shape index (κ2) is 7.43. The van der Waals surface area contributed by atoms with Crippen LogP contribution in [0.4, 0.5) is 0 Å². The van der Waals surface area contributed by atoms with E-state index < -0.39 is 0 Å². The smallest absolute Gasteiger partial charge is 0.486 e. The van der Waals surface area contributed by atoms with Crippen molar-refractivity contribution in [3.05, 3.63) is 66.7 Å². The topological polar surface area (TPSA) is 36.9 Å². The lowest BCUT2D eigenvalue weighted by atomic mass is 9.78.